The van der Waals surface area contributed by atoms with E-state index in [1.807, 2.05) is 31.3 Å². The number of hydrogen-bond donors (Lipinski definition) is 1. The molecule has 0 spiro atoms. The molecule has 134 valence electrons. The molecule has 2 fully saturated rings. The lowest BCUT2D eigenvalue weighted by Crippen LogP contribution is -2.48. The van der Waals surface area contributed by atoms with E-state index in [1.165, 1.54) is 24.3 Å². The zero-order valence-corrected chi connectivity index (χ0v) is 15.6. The van der Waals surface area contributed by atoms with Crippen molar-refractivity contribution < 1.29 is 4.79 Å². The molecule has 0 aliphatic carbocycles. The highest BCUT2D eigenvalue weighted by atomic mass is 32.2. The summed E-state index contributed by atoms with van der Waals surface area (Å²) in [6.07, 6.45) is 4.73. The lowest BCUT2D eigenvalue weighted by Gasteiger charge is -2.39. The predicted octanol–water partition coefficient (Wildman–Crippen LogP) is 2.66. The van der Waals surface area contributed by atoms with Gasteiger partial charge in [0.2, 0.25) is 0 Å². The fraction of sp³-hybridized carbons (Fsp3) is 0.579. The van der Waals surface area contributed by atoms with Gasteiger partial charge in [-0.3, -0.25) is 9.48 Å². The Morgan fingerprint density at radius 1 is 1.16 bits per heavy atom. The fourth-order valence-electron chi connectivity index (χ4n) is 4.09. The molecule has 4 rings (SSSR count). The number of piperidine rings is 1. The van der Waals surface area contributed by atoms with Crippen molar-refractivity contribution in [3.05, 3.63) is 30.0 Å². The van der Waals surface area contributed by atoms with Crippen LogP contribution in [0.3, 0.4) is 0 Å². The number of nitrogens with one attached hydrogen (secondary N) is 1. The summed E-state index contributed by atoms with van der Waals surface area (Å²) in [5, 5.41) is 8.58. The van der Waals surface area contributed by atoms with Crippen molar-refractivity contribution in [3.63, 3.8) is 0 Å². The van der Waals surface area contributed by atoms with Crippen molar-refractivity contribution in [1.82, 2.24) is 20.0 Å². The summed E-state index contributed by atoms with van der Waals surface area (Å²) in [5.74, 6) is 2.56. The van der Waals surface area contributed by atoms with Crippen LogP contribution in [0.5, 0.6) is 0 Å². The first-order chi connectivity index (χ1) is 12.2. The highest BCUT2D eigenvalue weighted by molar-refractivity contribution is 7.99. The molecule has 0 radical (unpaired) electrons. The molecule has 2 aliphatic rings. The number of para-hydroxylation sites is 1. The fourth-order valence-corrected chi connectivity index (χ4v) is 5.18. The molecular formula is C19H26N4OS. The molecule has 0 bridgehead atoms. The number of carbonyl (C=O) groups is 1. The highest BCUT2D eigenvalue weighted by Crippen LogP contribution is 2.25. The summed E-state index contributed by atoms with van der Waals surface area (Å²) in [7, 11) is 1.89. The molecule has 2 saturated heterocycles. The van der Waals surface area contributed by atoms with Crippen molar-refractivity contribution in [3.8, 4) is 0 Å². The molecule has 2 aromatic rings. The number of benzene rings is 1. The van der Waals surface area contributed by atoms with Gasteiger partial charge in [0.05, 0.1) is 5.52 Å². The normalized spacial score (nSPS) is 20.8. The largest absolute Gasteiger partial charge is 0.348 e. The number of carbonyl (C=O) groups excluding carboxylic acids is 1. The van der Waals surface area contributed by atoms with Crippen molar-refractivity contribution in [1.29, 1.82) is 0 Å². The first-order valence-corrected chi connectivity index (χ1v) is 10.4. The van der Waals surface area contributed by atoms with E-state index in [2.05, 4.69) is 27.1 Å². The van der Waals surface area contributed by atoms with Gasteiger partial charge in [-0.25, -0.2) is 0 Å². The number of thioether (sulfide) groups is 1. The molecule has 0 unspecified atom stereocenters. The topological polar surface area (TPSA) is 50.2 Å². The number of hydrogen-bond acceptors (Lipinski definition) is 4. The molecule has 1 N–H and O–H groups in total. The van der Waals surface area contributed by atoms with Crippen LogP contribution < -0.4 is 5.32 Å². The van der Waals surface area contributed by atoms with Gasteiger partial charge in [0.1, 0.15) is 0 Å². The van der Waals surface area contributed by atoms with E-state index in [0.717, 1.165) is 42.9 Å². The summed E-state index contributed by atoms with van der Waals surface area (Å²) >= 11 is 2.08. The molecule has 1 amide bonds. The van der Waals surface area contributed by atoms with Crippen LogP contribution in [0.15, 0.2) is 24.3 Å². The number of nitrogens with zero attached hydrogens (tertiary/aromatic N) is 3. The number of amides is 1. The van der Waals surface area contributed by atoms with Gasteiger partial charge in [0.25, 0.3) is 5.91 Å². The zero-order valence-electron chi connectivity index (χ0n) is 14.8. The summed E-state index contributed by atoms with van der Waals surface area (Å²) in [5.41, 5.74) is 1.54. The lowest BCUT2D eigenvalue weighted by molar-refractivity contribution is 0.0882. The quantitative estimate of drug-likeness (QED) is 0.916. The number of aryl methyl sites for hydroxylation is 1. The summed E-state index contributed by atoms with van der Waals surface area (Å²) in [6, 6.07) is 8.94. The Balaban J connectivity index is 1.37. The molecule has 5 nitrogen and oxygen atoms in total. The Hall–Kier alpha value is -1.53. The molecule has 6 heteroatoms. The maximum absolute atomic E-state index is 12.7. The van der Waals surface area contributed by atoms with Crippen molar-refractivity contribution in [2.75, 3.05) is 24.6 Å². The van der Waals surface area contributed by atoms with E-state index in [9.17, 15) is 4.79 Å². The van der Waals surface area contributed by atoms with Crippen molar-refractivity contribution in [2.24, 2.45) is 7.05 Å². The van der Waals surface area contributed by atoms with Gasteiger partial charge >= 0.3 is 0 Å². The van der Waals surface area contributed by atoms with Crippen LogP contribution in [0, 0.1) is 0 Å². The molecule has 25 heavy (non-hydrogen) atoms. The minimum atomic E-state index is -0.0377. The van der Waals surface area contributed by atoms with Gasteiger partial charge in [-0.05, 0) is 43.3 Å². The average Bonchev–Trinajstić information content (AvgIpc) is 3.00. The van der Waals surface area contributed by atoms with E-state index in [0.29, 0.717) is 5.69 Å². The molecule has 2 aliphatic heterocycles. The van der Waals surface area contributed by atoms with Crippen LogP contribution in [0.2, 0.25) is 0 Å². The first-order valence-electron chi connectivity index (χ1n) is 9.27. The second-order valence-corrected chi connectivity index (χ2v) is 8.34. The molecule has 0 atom stereocenters. The van der Waals surface area contributed by atoms with Gasteiger partial charge in [-0.15, -0.1) is 0 Å². The third kappa shape index (κ3) is 3.55. The van der Waals surface area contributed by atoms with Crippen LogP contribution in [0.4, 0.5) is 0 Å². The number of likely N-dealkylation sites (tertiary alicyclic amines) is 1. The third-order valence-corrected chi connectivity index (χ3v) is 6.59. The van der Waals surface area contributed by atoms with E-state index in [1.54, 1.807) is 4.68 Å². The number of rotatable bonds is 3. The Morgan fingerprint density at radius 3 is 2.64 bits per heavy atom. The van der Waals surface area contributed by atoms with Crippen LogP contribution >= 0.6 is 11.8 Å². The second-order valence-electron chi connectivity index (χ2n) is 7.12. The zero-order chi connectivity index (χ0) is 17.2. The van der Waals surface area contributed by atoms with Gasteiger partial charge in [-0.1, -0.05) is 18.2 Å². The van der Waals surface area contributed by atoms with E-state index >= 15 is 0 Å². The molecule has 0 saturated carbocycles. The smallest absolute Gasteiger partial charge is 0.272 e. The average molecular weight is 359 g/mol. The van der Waals surface area contributed by atoms with Crippen LogP contribution in [0.25, 0.3) is 10.9 Å². The lowest BCUT2D eigenvalue weighted by atomic mass is 10.0. The highest BCUT2D eigenvalue weighted by Gasteiger charge is 2.28. The van der Waals surface area contributed by atoms with Crippen LogP contribution in [-0.2, 0) is 7.05 Å². The number of fused-ring (bicyclic) bond motifs is 1. The van der Waals surface area contributed by atoms with Crippen molar-refractivity contribution in [2.45, 2.75) is 37.8 Å². The van der Waals surface area contributed by atoms with E-state index in [4.69, 9.17) is 0 Å². The summed E-state index contributed by atoms with van der Waals surface area (Å²) in [6.45, 7) is 2.20. The Kier molecular flexibility index (Phi) is 4.99. The van der Waals surface area contributed by atoms with E-state index < -0.39 is 0 Å². The van der Waals surface area contributed by atoms with Gasteiger partial charge in [0, 0.05) is 37.6 Å². The maximum Gasteiger partial charge on any atom is 0.272 e. The van der Waals surface area contributed by atoms with Gasteiger partial charge in [0.15, 0.2) is 5.69 Å². The minimum absolute atomic E-state index is 0.0377. The van der Waals surface area contributed by atoms with Gasteiger partial charge < -0.3 is 10.2 Å². The Bertz CT molecular complexity index is 745. The maximum atomic E-state index is 12.7. The molecular weight excluding hydrogens is 332 g/mol. The Labute approximate surface area is 153 Å². The predicted molar refractivity (Wildman–Crippen MR) is 103 cm³/mol. The molecule has 1 aromatic heterocycles. The second kappa shape index (κ2) is 7.38. The van der Waals surface area contributed by atoms with Gasteiger partial charge in [-0.2, -0.15) is 16.9 Å². The summed E-state index contributed by atoms with van der Waals surface area (Å²) < 4.78 is 1.79. The summed E-state index contributed by atoms with van der Waals surface area (Å²) in [4.78, 5) is 15.4. The number of aromatic nitrogens is 2. The Morgan fingerprint density at radius 2 is 1.88 bits per heavy atom. The third-order valence-electron chi connectivity index (χ3n) is 5.54. The molecule has 3 heterocycles. The molecule has 1 aromatic carbocycles. The minimum Gasteiger partial charge on any atom is -0.348 e. The monoisotopic (exact) mass is 358 g/mol. The first kappa shape index (κ1) is 16.9. The van der Waals surface area contributed by atoms with Crippen molar-refractivity contribution >= 4 is 28.6 Å². The van der Waals surface area contributed by atoms with E-state index in [-0.39, 0.29) is 11.9 Å². The van der Waals surface area contributed by atoms with Crippen LogP contribution in [0.1, 0.15) is 36.2 Å². The SMILES string of the molecule is Cn1nc(C(=O)NC2CCN(C3CCSCC3)CC2)c2ccccc21. The van der Waals surface area contributed by atoms with Crippen LogP contribution in [-0.4, -0.2) is 57.3 Å². The standard InChI is InChI=1S/C19H26N4OS/c1-22-17-5-3-2-4-16(17)18(21-22)19(24)20-14-6-10-23(11-7-14)15-8-12-25-13-9-15/h2-5,14-15H,6-13H2,1H3,(H,20,24).